The molecule has 0 bridgehead atoms. The predicted molar refractivity (Wildman–Crippen MR) is 222 cm³/mol. The molecule has 4 rings (SSSR count). The first-order chi connectivity index (χ1) is 26.3. The standard InChI is InChI=1S/C48H66O9/c1-25-16-13-19-46(7,8)40(25)31(49)22-28(4)34-37(43(52)53)35(29(5)23-32(50)41-26(2)17-14-20-47(41,9)10)39(45(56)57)36(38(34)44(54)55)30(6)24-33(51)42-27(3)18-15-21-48(42,11)12/h13-18,25-30,40-42H,19-24H2,1-12H3,(H,52,53)(H,54,55)(H,56,57). The van der Waals surface area contributed by atoms with Gasteiger partial charge in [0.05, 0.1) is 16.7 Å². The van der Waals surface area contributed by atoms with Crippen molar-refractivity contribution in [3.05, 3.63) is 69.8 Å². The van der Waals surface area contributed by atoms with Gasteiger partial charge in [0.15, 0.2) is 0 Å². The molecule has 3 N–H and O–H groups in total. The minimum Gasteiger partial charge on any atom is -0.478 e. The molecule has 0 saturated heterocycles. The molecule has 0 amide bonds. The second-order valence-corrected chi connectivity index (χ2v) is 19.9. The van der Waals surface area contributed by atoms with Crippen LogP contribution in [0.3, 0.4) is 0 Å². The number of carbonyl (C=O) groups is 6. The van der Waals surface area contributed by atoms with Gasteiger partial charge < -0.3 is 15.3 Å². The van der Waals surface area contributed by atoms with Crippen molar-refractivity contribution >= 4 is 35.3 Å². The summed E-state index contributed by atoms with van der Waals surface area (Å²) in [5.41, 5.74) is -3.11. The van der Waals surface area contributed by atoms with Gasteiger partial charge in [-0.1, -0.05) is 120 Å². The van der Waals surface area contributed by atoms with Gasteiger partial charge in [-0.15, -0.1) is 0 Å². The van der Waals surface area contributed by atoms with E-state index >= 15 is 0 Å². The highest BCUT2D eigenvalue weighted by Crippen LogP contribution is 2.49. The Hall–Kier alpha value is -4.14. The lowest BCUT2D eigenvalue weighted by molar-refractivity contribution is -0.129. The zero-order valence-electron chi connectivity index (χ0n) is 36.2. The molecule has 0 aliphatic heterocycles. The summed E-state index contributed by atoms with van der Waals surface area (Å²) < 4.78 is 0. The van der Waals surface area contributed by atoms with Gasteiger partial charge in [0.2, 0.25) is 0 Å². The summed E-state index contributed by atoms with van der Waals surface area (Å²) in [5, 5.41) is 33.2. The molecular weight excluding hydrogens is 721 g/mol. The van der Waals surface area contributed by atoms with E-state index in [2.05, 4.69) is 18.2 Å². The Labute approximate surface area is 339 Å². The number of ketones is 3. The second-order valence-electron chi connectivity index (χ2n) is 19.9. The van der Waals surface area contributed by atoms with E-state index in [4.69, 9.17) is 0 Å². The van der Waals surface area contributed by atoms with Crippen LogP contribution >= 0.6 is 0 Å². The molecular formula is C48H66O9. The van der Waals surface area contributed by atoms with Crippen molar-refractivity contribution in [2.45, 2.75) is 139 Å². The molecule has 0 spiro atoms. The van der Waals surface area contributed by atoms with Gasteiger partial charge in [-0.2, -0.15) is 0 Å². The SMILES string of the molecule is CC(CC(=O)C1C(C)C=CCC1(C)C)c1c(C(=O)O)c(C(C)CC(=O)C2C(C)C=CCC2(C)C)c(C(=O)O)c(C(C)CC(=O)C2C(C)C=CCC2(C)C)c1C(=O)O. The Balaban J connectivity index is 2.01. The molecule has 0 aromatic heterocycles. The molecule has 3 aliphatic rings. The van der Waals surface area contributed by atoms with Crippen LogP contribution in [0.25, 0.3) is 0 Å². The van der Waals surface area contributed by atoms with E-state index in [-0.39, 0.29) is 71.1 Å². The molecule has 1 aromatic rings. The van der Waals surface area contributed by atoms with Crippen LogP contribution in [-0.4, -0.2) is 50.6 Å². The first-order valence-electron chi connectivity index (χ1n) is 20.8. The highest BCUT2D eigenvalue weighted by atomic mass is 16.4. The number of hydrogen-bond donors (Lipinski definition) is 3. The van der Waals surface area contributed by atoms with E-state index in [0.29, 0.717) is 19.3 Å². The number of rotatable bonds is 15. The first kappa shape index (κ1) is 45.6. The number of hydrogen-bond acceptors (Lipinski definition) is 6. The Kier molecular flexibility index (Phi) is 13.6. The third-order valence-corrected chi connectivity index (χ3v) is 13.7. The zero-order valence-corrected chi connectivity index (χ0v) is 36.2. The van der Waals surface area contributed by atoms with Gasteiger partial charge in [0, 0.05) is 37.0 Å². The van der Waals surface area contributed by atoms with Crippen LogP contribution in [0, 0.1) is 51.8 Å². The van der Waals surface area contributed by atoms with Crippen molar-refractivity contribution in [3.63, 3.8) is 0 Å². The van der Waals surface area contributed by atoms with Crippen LogP contribution in [0.2, 0.25) is 0 Å². The Morgan fingerprint density at radius 3 is 0.877 bits per heavy atom. The second kappa shape index (κ2) is 17.0. The number of carbonyl (C=O) groups excluding carboxylic acids is 3. The largest absolute Gasteiger partial charge is 0.478 e. The topological polar surface area (TPSA) is 163 Å². The molecule has 0 heterocycles. The van der Waals surface area contributed by atoms with Crippen LogP contribution in [0.4, 0.5) is 0 Å². The van der Waals surface area contributed by atoms with Crippen molar-refractivity contribution in [2.75, 3.05) is 0 Å². The van der Waals surface area contributed by atoms with E-state index in [9.17, 15) is 44.1 Å². The quantitative estimate of drug-likeness (QED) is 0.147. The van der Waals surface area contributed by atoms with Crippen LogP contribution in [0.1, 0.15) is 187 Å². The number of benzene rings is 1. The van der Waals surface area contributed by atoms with E-state index in [1.807, 2.05) is 80.5 Å². The third-order valence-electron chi connectivity index (χ3n) is 13.7. The van der Waals surface area contributed by atoms with Crippen molar-refractivity contribution < 1.29 is 44.1 Å². The van der Waals surface area contributed by atoms with Crippen LogP contribution < -0.4 is 0 Å². The van der Waals surface area contributed by atoms with Gasteiger partial charge in [-0.05, 0) is 87.7 Å². The maximum absolute atomic E-state index is 14.3. The highest BCUT2D eigenvalue weighted by molar-refractivity contribution is 6.06. The summed E-state index contributed by atoms with van der Waals surface area (Å²) in [6.07, 6.45) is 13.6. The zero-order chi connectivity index (χ0) is 43.1. The normalized spacial score (nSPS) is 27.6. The fraction of sp³-hybridized carbons (Fsp3) is 0.625. The van der Waals surface area contributed by atoms with Gasteiger partial charge >= 0.3 is 17.9 Å². The average molecular weight is 787 g/mol. The summed E-state index contributed by atoms with van der Waals surface area (Å²) in [7, 11) is 0. The molecule has 9 nitrogen and oxygen atoms in total. The summed E-state index contributed by atoms with van der Waals surface area (Å²) in [6.45, 7) is 22.8. The van der Waals surface area contributed by atoms with Crippen LogP contribution in [-0.2, 0) is 14.4 Å². The monoisotopic (exact) mass is 786 g/mol. The van der Waals surface area contributed by atoms with E-state index in [1.165, 1.54) is 0 Å². The Bertz CT molecular complexity index is 1650. The summed E-state index contributed by atoms with van der Waals surface area (Å²) in [6, 6.07) is 0. The predicted octanol–water partition coefficient (Wildman–Crippen LogP) is 10.7. The molecule has 9 atom stereocenters. The van der Waals surface area contributed by atoms with Crippen molar-refractivity contribution in [1.29, 1.82) is 0 Å². The lowest BCUT2D eigenvalue weighted by atomic mass is 9.63. The molecule has 312 valence electrons. The van der Waals surface area contributed by atoms with Gasteiger partial charge in [-0.3, -0.25) is 14.4 Å². The van der Waals surface area contributed by atoms with E-state index < -0.39 is 86.4 Å². The van der Waals surface area contributed by atoms with Crippen molar-refractivity contribution in [2.24, 2.45) is 51.8 Å². The maximum Gasteiger partial charge on any atom is 0.336 e. The molecule has 0 saturated carbocycles. The van der Waals surface area contributed by atoms with Crippen molar-refractivity contribution in [3.8, 4) is 0 Å². The highest BCUT2D eigenvalue weighted by Gasteiger charge is 2.45. The lowest BCUT2D eigenvalue weighted by Gasteiger charge is -2.40. The minimum absolute atomic E-state index is 0.105. The number of Topliss-reactive ketones (excluding diaryl/α,β-unsaturated/α-hetero) is 3. The van der Waals surface area contributed by atoms with Crippen LogP contribution in [0.5, 0.6) is 0 Å². The van der Waals surface area contributed by atoms with Crippen molar-refractivity contribution in [1.82, 2.24) is 0 Å². The molecule has 0 radical (unpaired) electrons. The summed E-state index contributed by atoms with van der Waals surface area (Å²) in [5.74, 6) is -9.47. The molecule has 9 heteroatoms. The number of allylic oxidation sites excluding steroid dienone is 6. The molecule has 0 fully saturated rings. The maximum atomic E-state index is 14.3. The smallest absolute Gasteiger partial charge is 0.336 e. The van der Waals surface area contributed by atoms with Gasteiger partial charge in [0.1, 0.15) is 17.3 Å². The summed E-state index contributed by atoms with van der Waals surface area (Å²) >= 11 is 0. The Morgan fingerprint density at radius 1 is 0.491 bits per heavy atom. The van der Waals surface area contributed by atoms with Crippen LogP contribution in [0.15, 0.2) is 36.5 Å². The van der Waals surface area contributed by atoms with E-state index in [1.54, 1.807) is 20.8 Å². The average Bonchev–Trinajstić information content (AvgIpc) is 3.04. The number of carboxylic acid groups (broad SMARTS) is 3. The fourth-order valence-electron chi connectivity index (χ4n) is 11.4. The number of carboxylic acids is 3. The lowest BCUT2D eigenvalue weighted by Crippen LogP contribution is -2.38. The summed E-state index contributed by atoms with van der Waals surface area (Å²) in [4.78, 5) is 83.7. The van der Waals surface area contributed by atoms with Gasteiger partial charge in [-0.25, -0.2) is 14.4 Å². The molecule has 9 unspecified atom stereocenters. The molecule has 1 aromatic carbocycles. The van der Waals surface area contributed by atoms with Gasteiger partial charge in [0.25, 0.3) is 0 Å². The molecule has 3 aliphatic carbocycles. The van der Waals surface area contributed by atoms with E-state index in [0.717, 1.165) is 0 Å². The number of aromatic carboxylic acids is 3. The fourth-order valence-corrected chi connectivity index (χ4v) is 11.4. The molecule has 57 heavy (non-hydrogen) atoms. The third kappa shape index (κ3) is 9.13. The first-order valence-corrected chi connectivity index (χ1v) is 20.8. The Morgan fingerprint density at radius 2 is 0.702 bits per heavy atom. The minimum atomic E-state index is -1.54.